The van der Waals surface area contributed by atoms with Gasteiger partial charge in [-0.05, 0) is 63.1 Å². The largest absolute Gasteiger partial charge is 0.366 e. The first-order valence-corrected chi connectivity index (χ1v) is 10.7. The van der Waals surface area contributed by atoms with Gasteiger partial charge in [0.2, 0.25) is 0 Å². The minimum Gasteiger partial charge on any atom is -0.366 e. The summed E-state index contributed by atoms with van der Waals surface area (Å²) in [6.45, 7) is 6.68. The lowest BCUT2D eigenvalue weighted by Gasteiger charge is -2.41. The molecular weight excluding hydrogens is 403 g/mol. The third-order valence-corrected chi connectivity index (χ3v) is 5.70. The maximum Gasteiger partial charge on any atom is 0.118 e. The maximum atomic E-state index is 14.3. The van der Waals surface area contributed by atoms with Crippen molar-refractivity contribution >= 4 is 21.6 Å². The Hall–Kier alpha value is -1.39. The summed E-state index contributed by atoms with van der Waals surface area (Å²) in [5, 5.41) is 0. The van der Waals surface area contributed by atoms with Crippen LogP contribution in [0, 0.1) is 0 Å². The highest BCUT2D eigenvalue weighted by Gasteiger charge is 2.29. The molecule has 1 heterocycles. The van der Waals surface area contributed by atoms with E-state index < -0.39 is 5.67 Å². The standard InChI is InChI=1S/C23H30BrFN2/c1-23(2,25)18-26-15-7-6-10-22(26)17-27(16-19-8-4-3-5-9-19)21-13-11-20(24)12-14-21/h3-5,8-9,11-14,22H,6-7,10,15-18H2,1-2H3. The molecule has 4 heteroatoms. The topological polar surface area (TPSA) is 6.48 Å². The van der Waals surface area contributed by atoms with Gasteiger partial charge >= 0.3 is 0 Å². The summed E-state index contributed by atoms with van der Waals surface area (Å²) >= 11 is 3.53. The van der Waals surface area contributed by atoms with E-state index in [0.29, 0.717) is 12.6 Å². The van der Waals surface area contributed by atoms with E-state index in [1.54, 1.807) is 13.8 Å². The molecule has 0 bridgehead atoms. The highest BCUT2D eigenvalue weighted by Crippen LogP contribution is 2.26. The van der Waals surface area contributed by atoms with Gasteiger partial charge < -0.3 is 4.90 Å². The molecule has 1 atom stereocenters. The van der Waals surface area contributed by atoms with Gasteiger partial charge in [0, 0.05) is 35.8 Å². The SMILES string of the molecule is CC(C)(F)CN1CCCCC1CN(Cc1ccccc1)c1ccc(Br)cc1. The Bertz CT molecular complexity index is 697. The lowest BCUT2D eigenvalue weighted by molar-refractivity contribution is 0.0726. The number of halogens is 2. The van der Waals surface area contributed by atoms with Crippen molar-refractivity contribution in [1.82, 2.24) is 4.90 Å². The summed E-state index contributed by atoms with van der Waals surface area (Å²) in [6.07, 6.45) is 3.54. The van der Waals surface area contributed by atoms with E-state index in [9.17, 15) is 4.39 Å². The predicted octanol–water partition coefficient (Wildman–Crippen LogP) is 6.06. The van der Waals surface area contributed by atoms with Crippen molar-refractivity contribution in [2.45, 2.75) is 51.4 Å². The number of rotatable bonds is 7. The van der Waals surface area contributed by atoms with Gasteiger partial charge in [-0.3, -0.25) is 4.90 Å². The molecule has 1 aliphatic rings. The first kappa shape index (κ1) is 20.3. The summed E-state index contributed by atoms with van der Waals surface area (Å²) in [6, 6.07) is 19.5. The van der Waals surface area contributed by atoms with Crippen LogP contribution >= 0.6 is 15.9 Å². The lowest BCUT2D eigenvalue weighted by atomic mass is 9.98. The molecule has 3 rings (SSSR count). The maximum absolute atomic E-state index is 14.3. The molecule has 1 saturated heterocycles. The molecule has 0 radical (unpaired) electrons. The quantitative estimate of drug-likeness (QED) is 0.524. The van der Waals surface area contributed by atoms with Crippen LogP contribution in [-0.2, 0) is 6.54 Å². The van der Waals surface area contributed by atoms with Gasteiger partial charge in [-0.15, -0.1) is 0 Å². The number of hydrogen-bond donors (Lipinski definition) is 0. The second kappa shape index (κ2) is 9.20. The first-order valence-electron chi connectivity index (χ1n) is 9.88. The molecule has 1 aliphatic heterocycles. The summed E-state index contributed by atoms with van der Waals surface area (Å²) in [4.78, 5) is 4.80. The molecular formula is C23H30BrFN2. The fourth-order valence-corrected chi connectivity index (χ4v) is 4.19. The number of benzene rings is 2. The second-order valence-corrected chi connectivity index (χ2v) is 9.10. The fraction of sp³-hybridized carbons (Fsp3) is 0.478. The molecule has 0 N–H and O–H groups in total. The zero-order chi connectivity index (χ0) is 19.3. The van der Waals surface area contributed by atoms with Crippen molar-refractivity contribution in [2.75, 3.05) is 24.5 Å². The van der Waals surface area contributed by atoms with E-state index in [2.05, 4.69) is 80.3 Å². The van der Waals surface area contributed by atoms with Crippen LogP contribution in [0.4, 0.5) is 10.1 Å². The monoisotopic (exact) mass is 432 g/mol. The molecule has 0 saturated carbocycles. The Morgan fingerprint density at radius 2 is 1.78 bits per heavy atom. The number of hydrogen-bond acceptors (Lipinski definition) is 2. The predicted molar refractivity (Wildman–Crippen MR) is 116 cm³/mol. The van der Waals surface area contributed by atoms with Crippen LogP contribution in [0.2, 0.25) is 0 Å². The number of likely N-dealkylation sites (tertiary alicyclic amines) is 1. The molecule has 1 unspecified atom stereocenters. The van der Waals surface area contributed by atoms with Gasteiger partial charge in [0.25, 0.3) is 0 Å². The summed E-state index contributed by atoms with van der Waals surface area (Å²) < 4.78 is 15.4. The van der Waals surface area contributed by atoms with Crippen LogP contribution in [0.25, 0.3) is 0 Å². The molecule has 2 aromatic carbocycles. The van der Waals surface area contributed by atoms with Crippen molar-refractivity contribution in [3.8, 4) is 0 Å². The highest BCUT2D eigenvalue weighted by atomic mass is 79.9. The van der Waals surface area contributed by atoms with Gasteiger partial charge in [0.15, 0.2) is 0 Å². The van der Waals surface area contributed by atoms with Crippen molar-refractivity contribution in [2.24, 2.45) is 0 Å². The van der Waals surface area contributed by atoms with Crippen LogP contribution in [0.3, 0.4) is 0 Å². The average Bonchev–Trinajstić information content (AvgIpc) is 2.63. The van der Waals surface area contributed by atoms with Gasteiger partial charge in [-0.2, -0.15) is 0 Å². The van der Waals surface area contributed by atoms with Crippen molar-refractivity contribution in [1.29, 1.82) is 0 Å². The fourth-order valence-electron chi connectivity index (χ4n) is 3.93. The van der Waals surface area contributed by atoms with E-state index >= 15 is 0 Å². The van der Waals surface area contributed by atoms with E-state index in [-0.39, 0.29) is 0 Å². The van der Waals surface area contributed by atoms with Gasteiger partial charge in [-0.1, -0.05) is 52.7 Å². The van der Waals surface area contributed by atoms with Crippen LogP contribution in [0.1, 0.15) is 38.7 Å². The zero-order valence-corrected chi connectivity index (χ0v) is 18.0. The second-order valence-electron chi connectivity index (χ2n) is 8.18. The molecule has 2 aromatic rings. The van der Waals surface area contributed by atoms with Gasteiger partial charge in [0.1, 0.15) is 5.67 Å². The van der Waals surface area contributed by atoms with E-state index in [1.807, 2.05) is 0 Å². The number of nitrogens with zero attached hydrogens (tertiary/aromatic N) is 2. The van der Waals surface area contributed by atoms with Gasteiger partial charge in [-0.25, -0.2) is 4.39 Å². The molecule has 1 fully saturated rings. The Labute approximate surface area is 171 Å². The van der Waals surface area contributed by atoms with E-state index in [4.69, 9.17) is 0 Å². The molecule has 0 aliphatic carbocycles. The molecule has 146 valence electrons. The number of alkyl halides is 1. The Balaban J connectivity index is 1.79. The molecule has 27 heavy (non-hydrogen) atoms. The average molecular weight is 433 g/mol. The van der Waals surface area contributed by atoms with Crippen molar-refractivity contribution < 1.29 is 4.39 Å². The van der Waals surface area contributed by atoms with Crippen LogP contribution in [0.5, 0.6) is 0 Å². The third-order valence-electron chi connectivity index (χ3n) is 5.17. The summed E-state index contributed by atoms with van der Waals surface area (Å²) in [7, 11) is 0. The van der Waals surface area contributed by atoms with Crippen molar-refractivity contribution in [3.63, 3.8) is 0 Å². The normalized spacial score (nSPS) is 18.4. The summed E-state index contributed by atoms with van der Waals surface area (Å²) in [5.74, 6) is 0. The van der Waals surface area contributed by atoms with Gasteiger partial charge in [0.05, 0.1) is 0 Å². The molecule has 0 aromatic heterocycles. The van der Waals surface area contributed by atoms with E-state index in [1.165, 1.54) is 24.1 Å². The van der Waals surface area contributed by atoms with Crippen molar-refractivity contribution in [3.05, 3.63) is 64.6 Å². The lowest BCUT2D eigenvalue weighted by Crippen LogP contribution is -2.50. The summed E-state index contributed by atoms with van der Waals surface area (Å²) in [5.41, 5.74) is 1.36. The first-order chi connectivity index (χ1) is 12.9. The zero-order valence-electron chi connectivity index (χ0n) is 16.4. The Kier molecular flexibility index (Phi) is 6.93. The van der Waals surface area contributed by atoms with Crippen LogP contribution < -0.4 is 4.90 Å². The van der Waals surface area contributed by atoms with Crippen LogP contribution in [-0.4, -0.2) is 36.2 Å². The third kappa shape index (κ3) is 6.32. The number of anilines is 1. The number of piperidine rings is 1. The Morgan fingerprint density at radius 1 is 1.07 bits per heavy atom. The molecule has 0 amide bonds. The van der Waals surface area contributed by atoms with Crippen LogP contribution in [0.15, 0.2) is 59.1 Å². The molecule has 0 spiro atoms. The van der Waals surface area contributed by atoms with E-state index in [0.717, 1.165) is 30.5 Å². The highest BCUT2D eigenvalue weighted by molar-refractivity contribution is 9.10. The minimum atomic E-state index is -1.16. The Morgan fingerprint density at radius 3 is 2.44 bits per heavy atom. The minimum absolute atomic E-state index is 0.390. The smallest absolute Gasteiger partial charge is 0.118 e. The molecule has 2 nitrogen and oxygen atoms in total.